The Morgan fingerprint density at radius 2 is 1.75 bits per heavy atom. The fraction of sp³-hybridized carbons (Fsp3) is 0.500. The highest BCUT2D eigenvalue weighted by Gasteiger charge is 2.49. The molecule has 1 fully saturated rings. The first-order chi connectivity index (χ1) is 15.4. The third kappa shape index (κ3) is 4.44. The van der Waals surface area contributed by atoms with E-state index < -0.39 is 67.5 Å². The van der Waals surface area contributed by atoms with Gasteiger partial charge in [-0.2, -0.15) is 0 Å². The van der Waals surface area contributed by atoms with Crippen molar-refractivity contribution >= 4 is 5.97 Å². The Bertz CT molecular complexity index is 854. The highest BCUT2D eigenvalue weighted by Crippen LogP contribution is 2.41. The van der Waals surface area contributed by atoms with Crippen LogP contribution in [-0.4, -0.2) is 87.8 Å². The van der Waals surface area contributed by atoms with Gasteiger partial charge in [-0.3, -0.25) is 0 Å². The quantitative estimate of drug-likeness (QED) is 0.271. The molecule has 2 aliphatic heterocycles. The lowest BCUT2D eigenvalue weighted by molar-refractivity contribution is -0.339. The predicted molar refractivity (Wildman–Crippen MR) is 107 cm³/mol. The fourth-order valence-electron chi connectivity index (χ4n) is 4.17. The van der Waals surface area contributed by atoms with Gasteiger partial charge in [0, 0.05) is 5.92 Å². The summed E-state index contributed by atoms with van der Waals surface area (Å²) in [5.41, 5.74) is 0.947. The van der Waals surface area contributed by atoms with Crippen molar-refractivity contribution in [2.75, 3.05) is 13.2 Å². The van der Waals surface area contributed by atoms with E-state index in [1.165, 1.54) is 6.26 Å². The molecule has 174 valence electrons. The van der Waals surface area contributed by atoms with Crippen molar-refractivity contribution in [3.8, 4) is 0 Å². The molecule has 3 aliphatic rings. The lowest BCUT2D eigenvalue weighted by atomic mass is 9.88. The van der Waals surface area contributed by atoms with E-state index in [1.807, 2.05) is 0 Å². The molecule has 4 rings (SSSR count). The molecule has 0 saturated carbocycles. The summed E-state index contributed by atoms with van der Waals surface area (Å²) >= 11 is 0. The summed E-state index contributed by atoms with van der Waals surface area (Å²) in [6.45, 7) is -0.709. The largest absolute Gasteiger partial charge is 0.472 e. The van der Waals surface area contributed by atoms with E-state index in [0.717, 1.165) is 0 Å². The zero-order chi connectivity index (χ0) is 22.8. The molecule has 0 amide bonds. The second-order valence-corrected chi connectivity index (χ2v) is 7.94. The fourth-order valence-corrected chi connectivity index (χ4v) is 4.17. The van der Waals surface area contributed by atoms with E-state index in [-0.39, 0.29) is 6.61 Å². The number of ether oxygens (including phenoxy) is 4. The molecule has 0 spiro atoms. The molecular weight excluding hydrogens is 424 g/mol. The van der Waals surface area contributed by atoms with Crippen molar-refractivity contribution in [2.45, 2.75) is 43.1 Å². The van der Waals surface area contributed by atoms with Gasteiger partial charge < -0.3 is 44.5 Å². The van der Waals surface area contributed by atoms with E-state index >= 15 is 0 Å². The Morgan fingerprint density at radius 1 is 1.00 bits per heavy atom. The number of aliphatic hydroxyl groups is 5. The van der Waals surface area contributed by atoms with Gasteiger partial charge in [0.1, 0.15) is 31.0 Å². The normalized spacial score (nSPS) is 38.5. The van der Waals surface area contributed by atoms with Crippen LogP contribution in [0.2, 0.25) is 0 Å². The third-order valence-corrected chi connectivity index (χ3v) is 5.92. The van der Waals surface area contributed by atoms with Crippen molar-refractivity contribution in [3.63, 3.8) is 0 Å². The molecule has 0 radical (unpaired) electrons. The minimum atomic E-state index is -1.60. The average Bonchev–Trinajstić information content (AvgIpc) is 3.14. The van der Waals surface area contributed by atoms with Crippen molar-refractivity contribution in [1.29, 1.82) is 0 Å². The van der Waals surface area contributed by atoms with Gasteiger partial charge in [-0.05, 0) is 23.8 Å². The first kappa shape index (κ1) is 22.9. The molecule has 1 aliphatic carbocycles. The molecule has 2 heterocycles. The van der Waals surface area contributed by atoms with Crippen LogP contribution in [-0.2, 0) is 18.9 Å². The maximum Gasteiger partial charge on any atom is 0.338 e. The Labute approximate surface area is 183 Å². The molecule has 0 aromatic heterocycles. The molecule has 10 heteroatoms. The van der Waals surface area contributed by atoms with E-state index in [4.69, 9.17) is 18.9 Å². The second-order valence-electron chi connectivity index (χ2n) is 7.94. The van der Waals surface area contributed by atoms with Crippen molar-refractivity contribution < 1.29 is 49.3 Å². The molecule has 9 atom stereocenters. The zero-order valence-electron chi connectivity index (χ0n) is 17.0. The van der Waals surface area contributed by atoms with Crippen LogP contribution in [0.3, 0.4) is 0 Å². The lowest BCUT2D eigenvalue weighted by Gasteiger charge is -2.42. The maximum atomic E-state index is 12.3. The lowest BCUT2D eigenvalue weighted by Crippen LogP contribution is -2.60. The molecule has 10 nitrogen and oxygen atoms in total. The zero-order valence-corrected chi connectivity index (χ0v) is 17.0. The molecule has 5 N–H and O–H groups in total. The smallest absolute Gasteiger partial charge is 0.338 e. The molecular formula is C22H26O10. The van der Waals surface area contributed by atoms with Gasteiger partial charge in [-0.1, -0.05) is 24.3 Å². The summed E-state index contributed by atoms with van der Waals surface area (Å²) in [6, 6.07) is 8.47. The summed E-state index contributed by atoms with van der Waals surface area (Å²) < 4.78 is 22.1. The average molecular weight is 450 g/mol. The number of carbonyl (C=O) groups is 1. The maximum absolute atomic E-state index is 12.3. The standard InChI is InChI=1S/C22H26O10/c23-9-15-17(25)18(26)19(27)22(31-15)32-21-16-12(8-14(24)13(16)6-7-29-21)10-30-20(28)11-4-2-1-3-5-11/h1-8,13-19,21-27H,9-10H2/t13-,14-,15+,16+,17+,18-,19+,21-,22+/m0/s1. The van der Waals surface area contributed by atoms with Gasteiger partial charge in [-0.15, -0.1) is 0 Å². The van der Waals surface area contributed by atoms with Crippen LogP contribution in [0.15, 0.2) is 54.3 Å². The van der Waals surface area contributed by atoms with Gasteiger partial charge in [0.2, 0.25) is 6.29 Å². The van der Waals surface area contributed by atoms with Crippen LogP contribution >= 0.6 is 0 Å². The van der Waals surface area contributed by atoms with Crippen molar-refractivity contribution in [2.24, 2.45) is 11.8 Å². The molecule has 32 heavy (non-hydrogen) atoms. The number of fused-ring (bicyclic) bond motifs is 1. The molecule has 1 saturated heterocycles. The summed E-state index contributed by atoms with van der Waals surface area (Å²) in [5, 5.41) is 50.0. The second kappa shape index (κ2) is 9.67. The Kier molecular flexibility index (Phi) is 6.91. The van der Waals surface area contributed by atoms with Crippen molar-refractivity contribution in [3.05, 3.63) is 59.9 Å². The topological polar surface area (TPSA) is 155 Å². The number of aliphatic hydroxyl groups excluding tert-OH is 5. The summed E-state index contributed by atoms with van der Waals surface area (Å²) in [5.74, 6) is -1.52. The van der Waals surface area contributed by atoms with Crippen LogP contribution in [0.1, 0.15) is 10.4 Å². The van der Waals surface area contributed by atoms with Gasteiger partial charge in [-0.25, -0.2) is 4.79 Å². The number of rotatable bonds is 6. The molecule has 0 bridgehead atoms. The highest BCUT2D eigenvalue weighted by molar-refractivity contribution is 5.89. The Morgan fingerprint density at radius 3 is 2.47 bits per heavy atom. The minimum absolute atomic E-state index is 0.113. The summed E-state index contributed by atoms with van der Waals surface area (Å²) in [6.07, 6.45) is -4.61. The number of hydrogen-bond acceptors (Lipinski definition) is 10. The number of carbonyl (C=O) groups excluding carboxylic acids is 1. The van der Waals surface area contributed by atoms with Crippen LogP contribution in [0, 0.1) is 11.8 Å². The molecule has 1 aromatic rings. The van der Waals surface area contributed by atoms with Crippen LogP contribution in [0.5, 0.6) is 0 Å². The third-order valence-electron chi connectivity index (χ3n) is 5.92. The van der Waals surface area contributed by atoms with E-state index in [1.54, 1.807) is 42.5 Å². The van der Waals surface area contributed by atoms with E-state index in [9.17, 15) is 30.3 Å². The first-order valence-electron chi connectivity index (χ1n) is 10.3. The van der Waals surface area contributed by atoms with E-state index in [0.29, 0.717) is 11.1 Å². The van der Waals surface area contributed by atoms with E-state index in [2.05, 4.69) is 0 Å². The number of esters is 1. The molecule has 0 unspecified atom stereocenters. The van der Waals surface area contributed by atoms with Crippen LogP contribution < -0.4 is 0 Å². The van der Waals surface area contributed by atoms with Gasteiger partial charge in [0.15, 0.2) is 6.29 Å². The molecule has 1 aromatic carbocycles. The van der Waals surface area contributed by atoms with Gasteiger partial charge >= 0.3 is 5.97 Å². The van der Waals surface area contributed by atoms with Gasteiger partial charge in [0.25, 0.3) is 0 Å². The Balaban J connectivity index is 1.46. The SMILES string of the molecule is O=C(OCC1=C[C@H](O)[C@@H]2C=CO[C@@H](O[C@H]3O[C@H](CO)[C@@H](O)[C@H](O)[C@H]3O)[C@H]12)c1ccccc1. The first-order valence-corrected chi connectivity index (χ1v) is 10.3. The highest BCUT2D eigenvalue weighted by atomic mass is 16.8. The van der Waals surface area contributed by atoms with Crippen LogP contribution in [0.25, 0.3) is 0 Å². The minimum Gasteiger partial charge on any atom is -0.472 e. The number of benzene rings is 1. The summed E-state index contributed by atoms with van der Waals surface area (Å²) in [4.78, 5) is 12.3. The Hall–Kier alpha value is -2.31. The van der Waals surface area contributed by atoms with Crippen molar-refractivity contribution in [1.82, 2.24) is 0 Å². The predicted octanol–water partition coefficient (Wildman–Crippen LogP) is -0.937. The summed E-state index contributed by atoms with van der Waals surface area (Å²) in [7, 11) is 0. The number of hydrogen-bond donors (Lipinski definition) is 5. The van der Waals surface area contributed by atoms with Gasteiger partial charge in [0.05, 0.1) is 30.5 Å². The monoisotopic (exact) mass is 450 g/mol. The van der Waals surface area contributed by atoms with Crippen LogP contribution in [0.4, 0.5) is 0 Å².